The van der Waals surface area contributed by atoms with Gasteiger partial charge in [-0.1, -0.05) is 0 Å². The zero-order valence-corrected chi connectivity index (χ0v) is 13.3. The Bertz CT molecular complexity index is 424. The van der Waals surface area contributed by atoms with Crippen molar-refractivity contribution in [2.24, 2.45) is 17.1 Å². The molecular formula is C16H27N3O3. The quantitative estimate of drug-likeness (QED) is 0.790. The van der Waals surface area contributed by atoms with E-state index < -0.39 is 6.03 Å². The number of carbonyl (C=O) groups is 2. The molecule has 6 heteroatoms. The van der Waals surface area contributed by atoms with Gasteiger partial charge in [-0.2, -0.15) is 0 Å². The first-order valence-corrected chi connectivity index (χ1v) is 8.51. The predicted octanol–water partition coefficient (Wildman–Crippen LogP) is 1.20. The van der Waals surface area contributed by atoms with Gasteiger partial charge in [-0.3, -0.25) is 4.79 Å². The second-order valence-electron chi connectivity index (χ2n) is 7.06. The van der Waals surface area contributed by atoms with Crippen LogP contribution < -0.4 is 5.73 Å². The third kappa shape index (κ3) is 3.21. The average molecular weight is 309 g/mol. The van der Waals surface area contributed by atoms with Gasteiger partial charge in [0.25, 0.3) is 0 Å². The number of hydrogen-bond acceptors (Lipinski definition) is 3. The molecule has 0 aliphatic carbocycles. The van der Waals surface area contributed by atoms with Gasteiger partial charge in [0.05, 0.1) is 5.92 Å². The maximum atomic E-state index is 12.7. The van der Waals surface area contributed by atoms with Gasteiger partial charge in [0, 0.05) is 39.4 Å². The first kappa shape index (κ1) is 15.6. The number of hydrogen-bond donors (Lipinski definition) is 1. The molecule has 1 atom stereocenters. The monoisotopic (exact) mass is 309 g/mol. The molecule has 22 heavy (non-hydrogen) atoms. The molecule has 0 aromatic heterocycles. The molecule has 3 fully saturated rings. The van der Waals surface area contributed by atoms with Crippen molar-refractivity contribution in [3.63, 3.8) is 0 Å². The predicted molar refractivity (Wildman–Crippen MR) is 82.2 cm³/mol. The molecule has 0 aromatic carbocycles. The summed E-state index contributed by atoms with van der Waals surface area (Å²) >= 11 is 0. The largest absolute Gasteiger partial charge is 0.381 e. The van der Waals surface area contributed by atoms with E-state index in [1.165, 1.54) is 0 Å². The summed E-state index contributed by atoms with van der Waals surface area (Å²) in [6.45, 7) is 4.61. The van der Waals surface area contributed by atoms with Crippen LogP contribution in [0.3, 0.4) is 0 Å². The Morgan fingerprint density at radius 3 is 2.32 bits per heavy atom. The van der Waals surface area contributed by atoms with E-state index in [9.17, 15) is 9.59 Å². The van der Waals surface area contributed by atoms with Crippen LogP contribution in [0.1, 0.15) is 38.5 Å². The van der Waals surface area contributed by atoms with E-state index in [1.54, 1.807) is 4.90 Å². The van der Waals surface area contributed by atoms with Crippen molar-refractivity contribution in [2.45, 2.75) is 38.5 Å². The lowest BCUT2D eigenvalue weighted by atomic mass is 9.72. The van der Waals surface area contributed by atoms with Crippen LogP contribution in [0.5, 0.6) is 0 Å². The summed E-state index contributed by atoms with van der Waals surface area (Å²) in [6.07, 6.45) is 6.19. The molecule has 3 amide bonds. The summed E-state index contributed by atoms with van der Waals surface area (Å²) in [5, 5.41) is 0. The molecule has 124 valence electrons. The molecule has 3 heterocycles. The van der Waals surface area contributed by atoms with Crippen LogP contribution in [0.15, 0.2) is 0 Å². The number of piperidine rings is 2. The highest BCUT2D eigenvalue weighted by atomic mass is 16.5. The summed E-state index contributed by atoms with van der Waals surface area (Å²) in [5.74, 6) is 0.151. The van der Waals surface area contributed by atoms with Crippen molar-refractivity contribution >= 4 is 11.9 Å². The van der Waals surface area contributed by atoms with Gasteiger partial charge in [-0.05, 0) is 43.9 Å². The lowest BCUT2D eigenvalue weighted by molar-refractivity contribution is -0.140. The highest BCUT2D eigenvalue weighted by molar-refractivity contribution is 5.80. The van der Waals surface area contributed by atoms with Crippen molar-refractivity contribution < 1.29 is 14.3 Å². The molecule has 6 nitrogen and oxygen atoms in total. The summed E-state index contributed by atoms with van der Waals surface area (Å²) in [7, 11) is 0. The minimum Gasteiger partial charge on any atom is -0.381 e. The van der Waals surface area contributed by atoms with Crippen LogP contribution in [0, 0.1) is 11.3 Å². The molecule has 3 saturated heterocycles. The Labute approximate surface area is 131 Å². The van der Waals surface area contributed by atoms with Crippen molar-refractivity contribution in [2.75, 3.05) is 39.4 Å². The van der Waals surface area contributed by atoms with Crippen molar-refractivity contribution in [3.8, 4) is 0 Å². The zero-order valence-electron chi connectivity index (χ0n) is 13.3. The van der Waals surface area contributed by atoms with Crippen LogP contribution in [0.4, 0.5) is 4.79 Å². The van der Waals surface area contributed by atoms with E-state index in [2.05, 4.69) is 0 Å². The summed E-state index contributed by atoms with van der Waals surface area (Å²) in [6, 6.07) is -0.405. The number of ether oxygens (including phenoxy) is 1. The second-order valence-corrected chi connectivity index (χ2v) is 7.06. The Kier molecular flexibility index (Phi) is 4.57. The first-order chi connectivity index (χ1) is 10.6. The van der Waals surface area contributed by atoms with E-state index in [-0.39, 0.29) is 11.8 Å². The molecule has 2 N–H and O–H groups in total. The van der Waals surface area contributed by atoms with Gasteiger partial charge < -0.3 is 20.3 Å². The maximum absolute atomic E-state index is 12.7. The minimum absolute atomic E-state index is 0.0648. The molecule has 1 unspecified atom stereocenters. The molecule has 0 bridgehead atoms. The lowest BCUT2D eigenvalue weighted by Crippen LogP contribution is -2.51. The van der Waals surface area contributed by atoms with E-state index in [0.29, 0.717) is 18.5 Å². The Morgan fingerprint density at radius 2 is 1.68 bits per heavy atom. The van der Waals surface area contributed by atoms with E-state index in [1.807, 2.05) is 4.90 Å². The van der Waals surface area contributed by atoms with Gasteiger partial charge in [0.15, 0.2) is 0 Å². The Balaban J connectivity index is 1.54. The zero-order chi connectivity index (χ0) is 15.6. The van der Waals surface area contributed by atoms with Crippen LogP contribution in [0.25, 0.3) is 0 Å². The standard InChI is InChI=1S/C16H27N3O3/c17-15(21)19-7-1-2-13(12-19)14(20)18-8-3-16(4-9-18)5-10-22-11-6-16/h13H,1-12H2,(H2,17,21). The van der Waals surface area contributed by atoms with E-state index >= 15 is 0 Å². The van der Waals surface area contributed by atoms with Gasteiger partial charge in [-0.25, -0.2) is 4.79 Å². The second kappa shape index (κ2) is 6.44. The number of amides is 3. The fourth-order valence-electron chi connectivity index (χ4n) is 4.14. The number of carbonyl (C=O) groups excluding carboxylic acids is 2. The van der Waals surface area contributed by atoms with Crippen LogP contribution in [-0.4, -0.2) is 61.1 Å². The molecule has 3 aliphatic heterocycles. The molecule has 0 saturated carbocycles. The third-order valence-electron chi connectivity index (χ3n) is 5.77. The van der Waals surface area contributed by atoms with Gasteiger partial charge in [0.2, 0.25) is 5.91 Å². The van der Waals surface area contributed by atoms with E-state index in [0.717, 1.165) is 64.8 Å². The highest BCUT2D eigenvalue weighted by Gasteiger charge is 2.39. The third-order valence-corrected chi connectivity index (χ3v) is 5.77. The minimum atomic E-state index is -0.405. The van der Waals surface area contributed by atoms with Crippen molar-refractivity contribution in [1.29, 1.82) is 0 Å². The average Bonchev–Trinajstić information content (AvgIpc) is 2.56. The molecule has 0 radical (unpaired) electrons. The van der Waals surface area contributed by atoms with Crippen molar-refractivity contribution in [3.05, 3.63) is 0 Å². The Morgan fingerprint density at radius 1 is 1.00 bits per heavy atom. The van der Waals surface area contributed by atoms with Crippen LogP contribution >= 0.6 is 0 Å². The van der Waals surface area contributed by atoms with Gasteiger partial charge in [-0.15, -0.1) is 0 Å². The number of primary amides is 1. The number of rotatable bonds is 1. The van der Waals surface area contributed by atoms with Gasteiger partial charge >= 0.3 is 6.03 Å². The number of nitrogens with two attached hydrogens (primary N) is 1. The van der Waals surface area contributed by atoms with Crippen LogP contribution in [-0.2, 0) is 9.53 Å². The van der Waals surface area contributed by atoms with Crippen LogP contribution in [0.2, 0.25) is 0 Å². The summed E-state index contributed by atoms with van der Waals surface area (Å²) in [4.78, 5) is 27.6. The summed E-state index contributed by atoms with van der Waals surface area (Å²) in [5.41, 5.74) is 5.76. The summed E-state index contributed by atoms with van der Waals surface area (Å²) < 4.78 is 5.47. The smallest absolute Gasteiger partial charge is 0.314 e. The number of likely N-dealkylation sites (tertiary alicyclic amines) is 2. The molecule has 3 aliphatic rings. The molecule has 3 rings (SSSR count). The maximum Gasteiger partial charge on any atom is 0.314 e. The lowest BCUT2D eigenvalue weighted by Gasteiger charge is -2.45. The molecule has 1 spiro atoms. The van der Waals surface area contributed by atoms with E-state index in [4.69, 9.17) is 10.5 Å². The van der Waals surface area contributed by atoms with Crippen molar-refractivity contribution in [1.82, 2.24) is 9.80 Å². The normalized spacial score (nSPS) is 28.6. The topological polar surface area (TPSA) is 75.9 Å². The SMILES string of the molecule is NC(=O)N1CCCC(C(=O)N2CCC3(CCOCC3)CC2)C1. The van der Waals surface area contributed by atoms with Gasteiger partial charge in [0.1, 0.15) is 0 Å². The fraction of sp³-hybridized carbons (Fsp3) is 0.875. The molecular weight excluding hydrogens is 282 g/mol. The molecule has 0 aromatic rings. The Hall–Kier alpha value is -1.30. The number of nitrogens with zero attached hydrogens (tertiary/aromatic N) is 2. The fourth-order valence-corrected chi connectivity index (χ4v) is 4.14. The number of urea groups is 1. The first-order valence-electron chi connectivity index (χ1n) is 8.51. The highest BCUT2D eigenvalue weighted by Crippen LogP contribution is 2.40.